The van der Waals surface area contributed by atoms with Gasteiger partial charge in [0.05, 0.1) is 31.9 Å². The van der Waals surface area contributed by atoms with Gasteiger partial charge in [-0.05, 0) is 17.5 Å². The number of aromatic nitrogens is 2. The molecule has 7 nitrogen and oxygen atoms in total. The average molecular weight is 431 g/mol. The molecule has 0 saturated carbocycles. The molecule has 1 atom stereocenters. The third kappa shape index (κ3) is 7.14. The smallest absolute Gasteiger partial charge is 0.475 e. The molecule has 2 N–H and O–H groups in total. The maximum atomic E-state index is 12.2. The van der Waals surface area contributed by atoms with Gasteiger partial charge in [0.15, 0.2) is 0 Å². The van der Waals surface area contributed by atoms with Gasteiger partial charge < -0.3 is 15.2 Å². The lowest BCUT2D eigenvalue weighted by Gasteiger charge is -2.22. The minimum absolute atomic E-state index is 0.109. The van der Waals surface area contributed by atoms with Crippen LogP contribution in [-0.2, 0) is 27.3 Å². The Morgan fingerprint density at radius 1 is 1.27 bits per heavy atom. The molecule has 0 fully saturated rings. The van der Waals surface area contributed by atoms with E-state index >= 15 is 0 Å². The molecule has 3 rings (SSSR count). The van der Waals surface area contributed by atoms with E-state index in [0.717, 1.165) is 17.7 Å². The van der Waals surface area contributed by atoms with Crippen molar-refractivity contribution < 1.29 is 37.0 Å². The van der Waals surface area contributed by atoms with Gasteiger partial charge in [-0.15, -0.1) is 0 Å². The number of benzene rings is 1. The number of carboxylic acids is 1. The van der Waals surface area contributed by atoms with Crippen molar-refractivity contribution in [3.8, 4) is 0 Å². The summed E-state index contributed by atoms with van der Waals surface area (Å²) < 4.78 is 51.5. The van der Waals surface area contributed by atoms with Crippen molar-refractivity contribution in [2.24, 2.45) is 0 Å². The molecule has 1 aromatic carbocycles. The minimum atomic E-state index is -5.08. The fraction of sp³-hybridized carbons (Fsp3) is 0.421. The first-order chi connectivity index (χ1) is 14.2. The van der Waals surface area contributed by atoms with E-state index in [-0.39, 0.29) is 18.4 Å². The second kappa shape index (κ2) is 10.7. The number of aliphatic carboxylic acids is 1. The summed E-state index contributed by atoms with van der Waals surface area (Å²) in [6, 6.07) is 10.1. The summed E-state index contributed by atoms with van der Waals surface area (Å²) in [4.78, 5) is 20.3. The molecule has 11 heteroatoms. The average Bonchev–Trinajstić information content (AvgIpc) is 3.10. The number of nitrogens with zero attached hydrogens (tertiary/aromatic N) is 2. The van der Waals surface area contributed by atoms with Gasteiger partial charge in [-0.1, -0.05) is 30.3 Å². The monoisotopic (exact) mass is 431 g/mol. The van der Waals surface area contributed by atoms with Gasteiger partial charge in [0, 0.05) is 12.7 Å². The highest BCUT2D eigenvalue weighted by molar-refractivity contribution is 5.76. The molecule has 30 heavy (non-hydrogen) atoms. The Morgan fingerprint density at radius 2 is 1.93 bits per heavy atom. The number of carboxylic acid groups (broad SMARTS) is 1. The lowest BCUT2D eigenvalue weighted by molar-refractivity contribution is -0.192. The predicted octanol–water partition coefficient (Wildman–Crippen LogP) is 2.65. The van der Waals surface area contributed by atoms with Crippen LogP contribution in [0.15, 0.2) is 36.5 Å². The van der Waals surface area contributed by atoms with Crippen LogP contribution in [0, 0.1) is 0 Å². The molecule has 0 aliphatic carbocycles. The van der Waals surface area contributed by atoms with Crippen molar-refractivity contribution in [1.29, 1.82) is 0 Å². The van der Waals surface area contributed by atoms with E-state index in [4.69, 9.17) is 14.6 Å². The number of carbonyl (C=O) groups is 2. The van der Waals surface area contributed by atoms with Crippen molar-refractivity contribution in [1.82, 2.24) is 15.1 Å². The lowest BCUT2D eigenvalue weighted by atomic mass is 10.1. The molecule has 2 heterocycles. The maximum Gasteiger partial charge on any atom is 0.490 e. The molecular formula is C19H21F4N3O4. The topological polar surface area (TPSA) is 93.5 Å². The van der Waals surface area contributed by atoms with Crippen LogP contribution in [0.25, 0.3) is 0 Å². The first-order valence-electron chi connectivity index (χ1n) is 9.05. The van der Waals surface area contributed by atoms with Crippen LogP contribution >= 0.6 is 0 Å². The second-order valence-electron chi connectivity index (χ2n) is 6.38. The van der Waals surface area contributed by atoms with Crippen LogP contribution in [0.5, 0.6) is 0 Å². The molecule has 164 valence electrons. The second-order valence-corrected chi connectivity index (χ2v) is 6.38. The zero-order valence-corrected chi connectivity index (χ0v) is 15.9. The highest BCUT2D eigenvalue weighted by Gasteiger charge is 2.38. The number of hydrogen-bond acceptors (Lipinski definition) is 4. The molecule has 1 aliphatic heterocycles. The van der Waals surface area contributed by atoms with Crippen molar-refractivity contribution in [2.75, 3.05) is 19.8 Å². The first kappa shape index (κ1) is 23.3. The van der Waals surface area contributed by atoms with Gasteiger partial charge in [-0.25, -0.2) is 4.79 Å². The fourth-order valence-corrected chi connectivity index (χ4v) is 2.72. The number of halogens is 4. The highest BCUT2D eigenvalue weighted by Crippen LogP contribution is 2.25. The quantitative estimate of drug-likeness (QED) is 0.686. The summed E-state index contributed by atoms with van der Waals surface area (Å²) in [5.74, 6) is -3.06. The van der Waals surface area contributed by atoms with E-state index in [0.29, 0.717) is 19.7 Å². The number of alkyl halides is 4. The molecular weight excluding hydrogens is 410 g/mol. The third-order valence-corrected chi connectivity index (χ3v) is 4.10. The number of carbonyl (C=O) groups excluding carboxylic acids is 1. The Hall–Kier alpha value is -2.95. The number of fused-ring (bicyclic) bond motifs is 1. The fourth-order valence-electron chi connectivity index (χ4n) is 2.72. The van der Waals surface area contributed by atoms with Gasteiger partial charge in [0.2, 0.25) is 5.91 Å². The van der Waals surface area contributed by atoms with Gasteiger partial charge >= 0.3 is 12.1 Å². The Kier molecular flexibility index (Phi) is 8.34. The maximum absolute atomic E-state index is 12.2. The summed E-state index contributed by atoms with van der Waals surface area (Å²) in [6.45, 7) is 0.991. The van der Waals surface area contributed by atoms with Gasteiger partial charge in [0.25, 0.3) is 0 Å². The standard InChI is InChI=1S/C17H20FN3O2.C2HF3O2/c18-8-6-16(22)19-10-15-17-14(7-9-23-15)12-21(20-17)11-13-4-2-1-3-5-13;3-2(4,5)1(6)7/h1-5,12,15H,6-11H2,(H,19,22);(H,6,7). The summed E-state index contributed by atoms with van der Waals surface area (Å²) >= 11 is 0. The first-order valence-corrected chi connectivity index (χ1v) is 9.05. The van der Waals surface area contributed by atoms with Gasteiger partial charge in [-0.3, -0.25) is 13.9 Å². The van der Waals surface area contributed by atoms with Crippen LogP contribution in [0.4, 0.5) is 17.6 Å². The molecule has 1 amide bonds. The Labute approximate surface area is 169 Å². The molecule has 0 spiro atoms. The van der Waals surface area contributed by atoms with Crippen molar-refractivity contribution in [3.05, 3.63) is 53.3 Å². The van der Waals surface area contributed by atoms with E-state index in [1.807, 2.05) is 29.1 Å². The van der Waals surface area contributed by atoms with E-state index in [9.17, 15) is 22.4 Å². The molecule has 1 aliphatic rings. The van der Waals surface area contributed by atoms with E-state index in [2.05, 4.69) is 22.5 Å². The zero-order valence-electron chi connectivity index (χ0n) is 15.9. The van der Waals surface area contributed by atoms with Gasteiger partial charge in [-0.2, -0.15) is 18.3 Å². The van der Waals surface area contributed by atoms with Crippen LogP contribution in [0.3, 0.4) is 0 Å². The third-order valence-electron chi connectivity index (χ3n) is 4.10. The van der Waals surface area contributed by atoms with Crippen molar-refractivity contribution in [3.63, 3.8) is 0 Å². The predicted molar refractivity (Wildman–Crippen MR) is 97.5 cm³/mol. The van der Waals surface area contributed by atoms with Crippen LogP contribution in [0.1, 0.15) is 29.3 Å². The van der Waals surface area contributed by atoms with Crippen molar-refractivity contribution in [2.45, 2.75) is 31.7 Å². The largest absolute Gasteiger partial charge is 0.490 e. The number of ether oxygens (including phenoxy) is 1. The van der Waals surface area contributed by atoms with Crippen LogP contribution in [0.2, 0.25) is 0 Å². The van der Waals surface area contributed by atoms with Gasteiger partial charge in [0.1, 0.15) is 6.10 Å². The van der Waals surface area contributed by atoms with E-state index in [1.54, 1.807) is 0 Å². The Balaban J connectivity index is 0.000000396. The normalized spacial score (nSPS) is 15.5. The summed E-state index contributed by atoms with van der Waals surface area (Å²) in [7, 11) is 0. The molecule has 0 radical (unpaired) electrons. The van der Waals surface area contributed by atoms with Crippen LogP contribution < -0.4 is 5.32 Å². The number of rotatable bonds is 6. The number of nitrogens with one attached hydrogen (secondary N) is 1. The SMILES string of the molecule is O=C(CCF)NCC1OCCc2cn(Cc3ccccc3)nc21.O=C(O)C(F)(F)F. The van der Waals surface area contributed by atoms with E-state index < -0.39 is 18.8 Å². The lowest BCUT2D eigenvalue weighted by Crippen LogP contribution is -2.32. The summed E-state index contributed by atoms with van der Waals surface area (Å²) in [5, 5.41) is 14.4. The Morgan fingerprint density at radius 3 is 2.53 bits per heavy atom. The van der Waals surface area contributed by atoms with E-state index in [1.165, 1.54) is 5.56 Å². The minimum Gasteiger partial charge on any atom is -0.475 e. The van der Waals surface area contributed by atoms with Crippen molar-refractivity contribution >= 4 is 11.9 Å². The van der Waals surface area contributed by atoms with Crippen LogP contribution in [-0.4, -0.2) is 52.8 Å². The summed E-state index contributed by atoms with van der Waals surface area (Å²) in [5.41, 5.74) is 3.20. The number of hydrogen-bond donors (Lipinski definition) is 2. The molecule has 0 saturated heterocycles. The molecule has 1 aromatic heterocycles. The summed E-state index contributed by atoms with van der Waals surface area (Å²) in [6.07, 6.45) is -2.60. The Bertz CT molecular complexity index is 840. The molecule has 0 bridgehead atoms. The highest BCUT2D eigenvalue weighted by atomic mass is 19.4. The molecule has 1 unspecified atom stereocenters. The number of amides is 1. The zero-order chi connectivity index (χ0) is 22.1. The molecule has 2 aromatic rings.